The van der Waals surface area contributed by atoms with Crippen LogP contribution in [0.5, 0.6) is 5.75 Å². The van der Waals surface area contributed by atoms with Crippen LogP contribution in [0.25, 0.3) is 11.0 Å². The highest BCUT2D eigenvalue weighted by Gasteiger charge is 2.16. The topological polar surface area (TPSA) is 109 Å². The minimum Gasteiger partial charge on any atom is -0.495 e. The van der Waals surface area contributed by atoms with Crippen molar-refractivity contribution in [3.8, 4) is 5.75 Å². The number of ether oxygens (including phenoxy) is 1. The lowest BCUT2D eigenvalue weighted by molar-refractivity contribution is 0.415. The molecular formula is C18H22ClN5O3S. The van der Waals surface area contributed by atoms with Crippen LogP contribution < -0.4 is 15.4 Å². The number of aromatic amines is 1. The number of nitrogens with one attached hydrogen (secondary N) is 3. The van der Waals surface area contributed by atoms with E-state index in [2.05, 4.69) is 39.4 Å². The van der Waals surface area contributed by atoms with E-state index in [1.54, 1.807) is 12.3 Å². The number of benzene rings is 1. The summed E-state index contributed by atoms with van der Waals surface area (Å²) in [7, 11) is -1.87. The zero-order chi connectivity index (χ0) is 20.5. The number of methoxy groups -OCH3 is 1. The van der Waals surface area contributed by atoms with Crippen molar-refractivity contribution >= 4 is 49.9 Å². The second-order valence-electron chi connectivity index (χ2n) is 6.47. The quantitative estimate of drug-likeness (QED) is 0.527. The first-order valence-corrected chi connectivity index (χ1v) is 11.0. The van der Waals surface area contributed by atoms with Gasteiger partial charge in [-0.2, -0.15) is 9.97 Å². The van der Waals surface area contributed by atoms with E-state index in [4.69, 9.17) is 16.3 Å². The first-order chi connectivity index (χ1) is 13.2. The Hall–Kier alpha value is -2.52. The van der Waals surface area contributed by atoms with Gasteiger partial charge in [0.1, 0.15) is 17.2 Å². The van der Waals surface area contributed by atoms with Crippen LogP contribution >= 0.6 is 11.6 Å². The van der Waals surface area contributed by atoms with Gasteiger partial charge in [0.15, 0.2) is 9.84 Å². The van der Waals surface area contributed by atoms with Crippen LogP contribution in [0, 0.1) is 0 Å². The van der Waals surface area contributed by atoms with Gasteiger partial charge in [-0.1, -0.05) is 18.5 Å². The van der Waals surface area contributed by atoms with Crippen LogP contribution in [0.2, 0.25) is 5.02 Å². The van der Waals surface area contributed by atoms with Gasteiger partial charge in [0.05, 0.1) is 28.1 Å². The first-order valence-electron chi connectivity index (χ1n) is 8.69. The minimum atomic E-state index is -3.34. The smallest absolute Gasteiger partial charge is 0.231 e. The summed E-state index contributed by atoms with van der Waals surface area (Å²) in [6.07, 6.45) is 3.72. The zero-order valence-corrected chi connectivity index (χ0v) is 17.6. The molecule has 8 nitrogen and oxygen atoms in total. The number of nitrogens with zero attached hydrogens (tertiary/aromatic N) is 2. The molecule has 1 atom stereocenters. The van der Waals surface area contributed by atoms with Crippen molar-refractivity contribution in [2.75, 3.05) is 24.0 Å². The zero-order valence-electron chi connectivity index (χ0n) is 16.0. The summed E-state index contributed by atoms with van der Waals surface area (Å²) in [4.78, 5) is 12.2. The Bertz CT molecular complexity index is 1110. The molecule has 0 aliphatic rings. The van der Waals surface area contributed by atoms with E-state index in [-0.39, 0.29) is 10.9 Å². The minimum absolute atomic E-state index is 0.168. The van der Waals surface area contributed by atoms with Crippen LogP contribution in [0.15, 0.2) is 29.3 Å². The summed E-state index contributed by atoms with van der Waals surface area (Å²) in [5.74, 6) is 1.30. The SMILES string of the molecule is CC[C@H](C)Nc1nc(Nc2ccc(S(C)(=O)=O)cc2OC)nc2[nH]cc(Cl)c12. The third-order valence-corrected chi connectivity index (χ3v) is 5.73. The summed E-state index contributed by atoms with van der Waals surface area (Å²) < 4.78 is 28.9. The van der Waals surface area contributed by atoms with Crippen LogP contribution in [0.4, 0.5) is 17.5 Å². The Kier molecular flexibility index (Phi) is 5.66. The van der Waals surface area contributed by atoms with E-state index in [9.17, 15) is 8.42 Å². The molecule has 0 unspecified atom stereocenters. The lowest BCUT2D eigenvalue weighted by Crippen LogP contribution is -2.15. The molecule has 0 saturated heterocycles. The van der Waals surface area contributed by atoms with E-state index in [0.29, 0.717) is 39.3 Å². The van der Waals surface area contributed by atoms with Crippen molar-refractivity contribution in [1.82, 2.24) is 15.0 Å². The van der Waals surface area contributed by atoms with E-state index in [0.717, 1.165) is 12.7 Å². The summed E-state index contributed by atoms with van der Waals surface area (Å²) in [6.45, 7) is 4.12. The molecular weight excluding hydrogens is 402 g/mol. The van der Waals surface area contributed by atoms with E-state index in [1.807, 2.05) is 0 Å². The fraction of sp³-hybridized carbons (Fsp3) is 0.333. The summed E-state index contributed by atoms with van der Waals surface area (Å²) >= 11 is 6.28. The normalized spacial score (nSPS) is 12.8. The fourth-order valence-electron chi connectivity index (χ4n) is 2.62. The molecule has 3 rings (SSSR count). The maximum Gasteiger partial charge on any atom is 0.231 e. The number of hydrogen-bond acceptors (Lipinski definition) is 7. The molecule has 0 aliphatic heterocycles. The maximum atomic E-state index is 11.8. The van der Waals surface area contributed by atoms with Gasteiger partial charge in [0, 0.05) is 24.6 Å². The van der Waals surface area contributed by atoms with Crippen molar-refractivity contribution in [2.45, 2.75) is 31.2 Å². The van der Waals surface area contributed by atoms with Crippen LogP contribution in [0.3, 0.4) is 0 Å². The molecule has 0 aliphatic carbocycles. The second-order valence-corrected chi connectivity index (χ2v) is 8.89. The van der Waals surface area contributed by atoms with Crippen molar-refractivity contribution in [2.24, 2.45) is 0 Å². The van der Waals surface area contributed by atoms with Gasteiger partial charge in [0.2, 0.25) is 5.95 Å². The average Bonchev–Trinajstić information content (AvgIpc) is 3.02. The van der Waals surface area contributed by atoms with E-state index >= 15 is 0 Å². The highest BCUT2D eigenvalue weighted by molar-refractivity contribution is 7.90. The molecule has 0 amide bonds. The highest BCUT2D eigenvalue weighted by atomic mass is 35.5. The molecule has 2 heterocycles. The number of halogens is 1. The van der Waals surface area contributed by atoms with Crippen molar-refractivity contribution in [3.05, 3.63) is 29.4 Å². The third kappa shape index (κ3) is 4.15. The third-order valence-electron chi connectivity index (χ3n) is 4.33. The molecule has 3 aromatic rings. The Morgan fingerprint density at radius 1 is 1.32 bits per heavy atom. The Labute approximate surface area is 168 Å². The highest BCUT2D eigenvalue weighted by Crippen LogP contribution is 2.33. The first kappa shape index (κ1) is 20.2. The largest absolute Gasteiger partial charge is 0.495 e. The Morgan fingerprint density at radius 2 is 2.07 bits per heavy atom. The molecule has 0 radical (unpaired) electrons. The predicted octanol–water partition coefficient (Wildman–Crippen LogP) is 3.98. The molecule has 10 heteroatoms. The molecule has 0 saturated carbocycles. The number of H-pyrrole nitrogens is 1. The molecule has 28 heavy (non-hydrogen) atoms. The molecule has 0 bridgehead atoms. The van der Waals surface area contributed by atoms with Crippen LogP contribution in [0.1, 0.15) is 20.3 Å². The molecule has 0 fully saturated rings. The second kappa shape index (κ2) is 7.84. The lowest BCUT2D eigenvalue weighted by Gasteiger charge is -2.15. The van der Waals surface area contributed by atoms with Gasteiger partial charge in [-0.25, -0.2) is 8.42 Å². The molecule has 2 aromatic heterocycles. The van der Waals surface area contributed by atoms with Crippen molar-refractivity contribution in [3.63, 3.8) is 0 Å². The van der Waals surface area contributed by atoms with Crippen molar-refractivity contribution < 1.29 is 13.2 Å². The fourth-order valence-corrected chi connectivity index (χ4v) is 3.49. The van der Waals surface area contributed by atoms with Gasteiger partial charge in [-0.3, -0.25) is 0 Å². The number of fused-ring (bicyclic) bond motifs is 1. The Morgan fingerprint density at radius 3 is 2.71 bits per heavy atom. The Balaban J connectivity index is 2.03. The standard InChI is InChI=1S/C18H22ClN5O3S/c1-5-10(2)21-17-15-12(19)9-20-16(15)23-18(24-17)22-13-7-6-11(28(4,25)26)8-14(13)27-3/h6-10H,5H2,1-4H3,(H3,20,21,22,23,24)/t10-/m0/s1. The number of hydrogen-bond donors (Lipinski definition) is 3. The number of anilines is 3. The summed E-state index contributed by atoms with van der Waals surface area (Å²) in [5.41, 5.74) is 1.13. The van der Waals surface area contributed by atoms with Crippen molar-refractivity contribution in [1.29, 1.82) is 0 Å². The maximum absolute atomic E-state index is 11.8. The predicted molar refractivity (Wildman–Crippen MR) is 112 cm³/mol. The molecule has 150 valence electrons. The van der Waals surface area contributed by atoms with Gasteiger partial charge < -0.3 is 20.4 Å². The van der Waals surface area contributed by atoms with Gasteiger partial charge >= 0.3 is 0 Å². The molecule has 0 spiro atoms. The summed E-state index contributed by atoms with van der Waals surface area (Å²) in [6, 6.07) is 4.77. The molecule has 1 aromatic carbocycles. The summed E-state index contributed by atoms with van der Waals surface area (Å²) in [5, 5.41) is 7.67. The molecule has 3 N–H and O–H groups in total. The monoisotopic (exact) mass is 423 g/mol. The average molecular weight is 424 g/mol. The number of rotatable bonds is 7. The lowest BCUT2D eigenvalue weighted by atomic mass is 10.2. The van der Waals surface area contributed by atoms with Gasteiger partial charge in [-0.15, -0.1) is 0 Å². The van der Waals surface area contributed by atoms with Crippen LogP contribution in [-0.2, 0) is 9.84 Å². The number of aromatic nitrogens is 3. The number of sulfone groups is 1. The van der Waals surface area contributed by atoms with E-state index in [1.165, 1.54) is 19.2 Å². The van der Waals surface area contributed by atoms with Gasteiger partial charge in [0.25, 0.3) is 0 Å². The van der Waals surface area contributed by atoms with E-state index < -0.39 is 9.84 Å². The van der Waals surface area contributed by atoms with Gasteiger partial charge in [-0.05, 0) is 25.5 Å². The van der Waals surface area contributed by atoms with Crippen LogP contribution in [-0.4, -0.2) is 42.8 Å².